The second-order valence-corrected chi connectivity index (χ2v) is 3.89. The van der Waals surface area contributed by atoms with Crippen molar-refractivity contribution in [1.29, 1.82) is 0 Å². The molecule has 0 atom stereocenters. The van der Waals surface area contributed by atoms with E-state index in [0.717, 1.165) is 0 Å². The molecule has 0 spiro atoms. The first kappa shape index (κ1) is 12.6. The molecule has 0 radical (unpaired) electrons. The van der Waals surface area contributed by atoms with Crippen molar-refractivity contribution in [2.45, 2.75) is 12.5 Å². The van der Waals surface area contributed by atoms with Crippen LogP contribution in [-0.4, -0.2) is 0 Å². The molecule has 0 aliphatic rings. The van der Waals surface area contributed by atoms with E-state index < -0.39 is 0 Å². The highest BCUT2D eigenvalue weighted by Crippen LogP contribution is 2.11. The van der Waals surface area contributed by atoms with E-state index in [1.54, 1.807) is 12.1 Å². The van der Waals surface area contributed by atoms with Gasteiger partial charge in [0, 0.05) is 6.07 Å². The monoisotopic (exact) mass is 268 g/mol. The Bertz CT molecular complexity index is 595. The van der Waals surface area contributed by atoms with Gasteiger partial charge >= 0.3 is 0 Å². The standard InChI is InChI=1S/C13H10ClFO3/c14-6-11-5-12(16)13(8-17-11)18-7-9-2-1-3-10(15)4-9/h1-5,8H,6-7H2. The summed E-state index contributed by atoms with van der Waals surface area (Å²) < 4.78 is 23.3. The van der Waals surface area contributed by atoms with Crippen LogP contribution in [0.2, 0.25) is 0 Å². The quantitative estimate of drug-likeness (QED) is 0.800. The molecule has 1 aromatic carbocycles. The predicted molar refractivity (Wildman–Crippen MR) is 65.3 cm³/mol. The minimum atomic E-state index is -0.347. The highest BCUT2D eigenvalue weighted by atomic mass is 35.5. The molecule has 1 aromatic heterocycles. The number of hydrogen-bond acceptors (Lipinski definition) is 3. The number of ether oxygens (including phenoxy) is 1. The Morgan fingerprint density at radius 1 is 1.33 bits per heavy atom. The summed E-state index contributed by atoms with van der Waals surface area (Å²) in [7, 11) is 0. The summed E-state index contributed by atoms with van der Waals surface area (Å²) in [5.74, 6) is 0.230. The van der Waals surface area contributed by atoms with E-state index in [0.29, 0.717) is 11.3 Å². The molecule has 3 nitrogen and oxygen atoms in total. The van der Waals surface area contributed by atoms with E-state index in [1.165, 1.54) is 24.5 Å². The molecule has 18 heavy (non-hydrogen) atoms. The summed E-state index contributed by atoms with van der Waals surface area (Å²) >= 11 is 5.53. The summed E-state index contributed by atoms with van der Waals surface area (Å²) in [6, 6.07) is 7.24. The molecule has 0 N–H and O–H groups in total. The molecule has 0 unspecified atom stereocenters. The van der Waals surface area contributed by atoms with Gasteiger partial charge in [-0.05, 0) is 17.7 Å². The van der Waals surface area contributed by atoms with Crippen LogP contribution in [0.1, 0.15) is 11.3 Å². The van der Waals surface area contributed by atoms with Gasteiger partial charge in [0.2, 0.25) is 11.2 Å². The van der Waals surface area contributed by atoms with Crippen molar-refractivity contribution in [1.82, 2.24) is 0 Å². The first-order valence-electron chi connectivity index (χ1n) is 5.24. The van der Waals surface area contributed by atoms with E-state index in [4.69, 9.17) is 20.8 Å². The van der Waals surface area contributed by atoms with Crippen molar-refractivity contribution in [3.05, 3.63) is 64.0 Å². The third-order valence-corrected chi connectivity index (χ3v) is 2.53. The van der Waals surface area contributed by atoms with Crippen molar-refractivity contribution in [3.8, 4) is 5.75 Å². The average Bonchev–Trinajstić information content (AvgIpc) is 2.37. The van der Waals surface area contributed by atoms with Crippen LogP contribution < -0.4 is 10.2 Å². The molecule has 0 fully saturated rings. The largest absolute Gasteiger partial charge is 0.482 e. The van der Waals surface area contributed by atoms with Crippen LogP contribution in [0.25, 0.3) is 0 Å². The third-order valence-electron chi connectivity index (χ3n) is 2.27. The van der Waals surface area contributed by atoms with Gasteiger partial charge in [-0.15, -0.1) is 11.6 Å². The van der Waals surface area contributed by atoms with Crippen molar-refractivity contribution in [3.63, 3.8) is 0 Å². The lowest BCUT2D eigenvalue weighted by Crippen LogP contribution is -2.07. The fourth-order valence-electron chi connectivity index (χ4n) is 1.40. The molecule has 5 heteroatoms. The van der Waals surface area contributed by atoms with Crippen LogP contribution in [0, 0.1) is 5.82 Å². The zero-order valence-electron chi connectivity index (χ0n) is 9.36. The fourth-order valence-corrected chi connectivity index (χ4v) is 1.54. The molecule has 2 aromatic rings. The van der Waals surface area contributed by atoms with Gasteiger partial charge in [-0.2, -0.15) is 0 Å². The molecular weight excluding hydrogens is 259 g/mol. The first-order valence-corrected chi connectivity index (χ1v) is 5.77. The average molecular weight is 269 g/mol. The molecular formula is C13H10ClFO3. The lowest BCUT2D eigenvalue weighted by Gasteiger charge is -2.05. The van der Waals surface area contributed by atoms with Gasteiger partial charge in [0.1, 0.15) is 24.4 Å². The molecule has 0 amide bonds. The van der Waals surface area contributed by atoms with Gasteiger partial charge in [-0.1, -0.05) is 12.1 Å². The van der Waals surface area contributed by atoms with E-state index in [1.807, 2.05) is 0 Å². The third kappa shape index (κ3) is 3.11. The normalized spacial score (nSPS) is 10.3. The molecule has 94 valence electrons. The maximum atomic E-state index is 12.9. The Morgan fingerprint density at radius 3 is 2.83 bits per heavy atom. The Labute approximate surface area is 108 Å². The summed E-state index contributed by atoms with van der Waals surface area (Å²) in [6.07, 6.45) is 1.21. The zero-order valence-corrected chi connectivity index (χ0v) is 10.1. The van der Waals surface area contributed by atoms with Crippen LogP contribution in [-0.2, 0) is 12.5 Å². The molecule has 0 aliphatic heterocycles. The summed E-state index contributed by atoms with van der Waals surface area (Å²) in [5.41, 5.74) is 0.323. The number of halogens is 2. The van der Waals surface area contributed by atoms with Gasteiger partial charge in [0.05, 0.1) is 5.88 Å². The summed E-state index contributed by atoms with van der Waals surface area (Å²) in [5, 5.41) is 0. The molecule has 0 bridgehead atoms. The van der Waals surface area contributed by atoms with Gasteiger partial charge < -0.3 is 9.15 Å². The lowest BCUT2D eigenvalue weighted by atomic mass is 10.2. The van der Waals surface area contributed by atoms with Crippen molar-refractivity contribution >= 4 is 11.6 Å². The Balaban J connectivity index is 2.09. The lowest BCUT2D eigenvalue weighted by molar-refractivity contribution is 0.290. The van der Waals surface area contributed by atoms with Crippen molar-refractivity contribution in [2.75, 3.05) is 0 Å². The summed E-state index contributed by atoms with van der Waals surface area (Å²) in [4.78, 5) is 11.6. The highest BCUT2D eigenvalue weighted by molar-refractivity contribution is 6.16. The number of rotatable bonds is 4. The van der Waals surface area contributed by atoms with Crippen LogP contribution in [0.4, 0.5) is 4.39 Å². The minimum absolute atomic E-state index is 0.0770. The molecule has 1 heterocycles. The van der Waals surface area contributed by atoms with E-state index in [9.17, 15) is 9.18 Å². The van der Waals surface area contributed by atoms with Crippen molar-refractivity contribution < 1.29 is 13.5 Å². The maximum Gasteiger partial charge on any atom is 0.227 e. The second-order valence-electron chi connectivity index (χ2n) is 3.63. The Morgan fingerprint density at radius 2 is 2.17 bits per heavy atom. The SMILES string of the molecule is O=c1cc(CCl)occ1OCc1cccc(F)c1. The number of benzene rings is 1. The summed E-state index contributed by atoms with van der Waals surface area (Å²) in [6.45, 7) is 0.0999. The molecule has 0 saturated carbocycles. The predicted octanol–water partition coefficient (Wildman–Crippen LogP) is 3.10. The van der Waals surface area contributed by atoms with Gasteiger partial charge in [0.25, 0.3) is 0 Å². The smallest absolute Gasteiger partial charge is 0.227 e. The molecule has 2 rings (SSSR count). The van der Waals surface area contributed by atoms with Gasteiger partial charge in [0.15, 0.2) is 0 Å². The topological polar surface area (TPSA) is 39.4 Å². The van der Waals surface area contributed by atoms with Crippen LogP contribution in [0.3, 0.4) is 0 Å². The second kappa shape index (κ2) is 5.69. The van der Waals surface area contributed by atoms with Crippen molar-refractivity contribution in [2.24, 2.45) is 0 Å². The zero-order chi connectivity index (χ0) is 13.0. The number of hydrogen-bond donors (Lipinski definition) is 0. The Kier molecular flexibility index (Phi) is 3.99. The van der Waals surface area contributed by atoms with Gasteiger partial charge in [-0.25, -0.2) is 4.39 Å². The van der Waals surface area contributed by atoms with Gasteiger partial charge in [-0.3, -0.25) is 4.79 Å². The van der Waals surface area contributed by atoms with Crippen LogP contribution in [0.5, 0.6) is 5.75 Å². The molecule has 0 aliphatic carbocycles. The Hall–Kier alpha value is -1.81. The van der Waals surface area contributed by atoms with E-state index >= 15 is 0 Å². The van der Waals surface area contributed by atoms with Crippen LogP contribution >= 0.6 is 11.6 Å². The first-order chi connectivity index (χ1) is 8.69. The highest BCUT2D eigenvalue weighted by Gasteiger charge is 2.04. The molecule has 0 saturated heterocycles. The maximum absolute atomic E-state index is 12.9. The fraction of sp³-hybridized carbons (Fsp3) is 0.154. The number of alkyl halides is 1. The minimum Gasteiger partial charge on any atom is -0.482 e. The van der Waals surface area contributed by atoms with Crippen LogP contribution in [0.15, 0.2) is 45.8 Å². The van der Waals surface area contributed by atoms with E-state index in [2.05, 4.69) is 0 Å². The van der Waals surface area contributed by atoms with E-state index in [-0.39, 0.29) is 29.5 Å².